The highest BCUT2D eigenvalue weighted by atomic mass is 19.4. The first-order valence-corrected chi connectivity index (χ1v) is 5.87. The lowest BCUT2D eigenvalue weighted by Crippen LogP contribution is -2.12. The quantitative estimate of drug-likeness (QED) is 0.907. The van der Waals surface area contributed by atoms with Crippen molar-refractivity contribution < 1.29 is 13.2 Å². The van der Waals surface area contributed by atoms with Crippen LogP contribution in [-0.4, -0.2) is 9.97 Å². The molecule has 0 amide bonds. The van der Waals surface area contributed by atoms with Crippen LogP contribution in [-0.2, 0) is 6.18 Å². The van der Waals surface area contributed by atoms with E-state index < -0.39 is 11.7 Å². The molecular weight excluding hydrogens is 269 g/mol. The van der Waals surface area contributed by atoms with Crippen LogP contribution in [0.1, 0.15) is 24.1 Å². The number of nitrogen functional groups attached to an aromatic ring is 1. The molecule has 0 radical (unpaired) electrons. The third-order valence-electron chi connectivity index (χ3n) is 2.72. The fourth-order valence-electron chi connectivity index (χ4n) is 1.73. The molecule has 1 atom stereocenters. The summed E-state index contributed by atoms with van der Waals surface area (Å²) in [5.41, 5.74) is 5.42. The maximum absolute atomic E-state index is 12.7. The molecule has 0 saturated carbocycles. The molecule has 1 unspecified atom stereocenters. The number of aromatic nitrogens is 2. The number of alkyl halides is 3. The lowest BCUT2D eigenvalue weighted by molar-refractivity contribution is -0.137. The standard InChI is InChI=1S/C13H13F3N4/c1-8(9-3-2-4-18-7-9)19-12-6-10(13(14,15)16)5-11(17)20-12/h2-8H,1H3,(H3,17,19,20). The molecule has 0 fully saturated rings. The van der Waals surface area contributed by atoms with E-state index in [4.69, 9.17) is 5.73 Å². The van der Waals surface area contributed by atoms with Crippen molar-refractivity contribution in [3.8, 4) is 0 Å². The third kappa shape index (κ3) is 3.37. The van der Waals surface area contributed by atoms with Crippen LogP contribution in [0.4, 0.5) is 24.8 Å². The minimum absolute atomic E-state index is 0.0775. The molecule has 2 rings (SSSR count). The fraction of sp³-hybridized carbons (Fsp3) is 0.231. The number of anilines is 2. The second-order valence-electron chi connectivity index (χ2n) is 4.32. The molecule has 3 N–H and O–H groups in total. The van der Waals surface area contributed by atoms with Crippen LogP contribution in [0, 0.1) is 0 Å². The van der Waals surface area contributed by atoms with E-state index in [2.05, 4.69) is 15.3 Å². The Labute approximate surface area is 113 Å². The van der Waals surface area contributed by atoms with Crippen molar-refractivity contribution in [2.24, 2.45) is 0 Å². The molecule has 0 spiro atoms. The molecule has 4 nitrogen and oxygen atoms in total. The van der Waals surface area contributed by atoms with Crippen molar-refractivity contribution in [1.82, 2.24) is 9.97 Å². The van der Waals surface area contributed by atoms with E-state index in [0.717, 1.165) is 17.7 Å². The van der Waals surface area contributed by atoms with Crippen molar-refractivity contribution in [3.05, 3.63) is 47.8 Å². The first-order chi connectivity index (χ1) is 9.36. The Morgan fingerprint density at radius 2 is 2.05 bits per heavy atom. The van der Waals surface area contributed by atoms with Crippen molar-refractivity contribution in [1.29, 1.82) is 0 Å². The van der Waals surface area contributed by atoms with Gasteiger partial charge in [0.15, 0.2) is 0 Å². The number of pyridine rings is 2. The Morgan fingerprint density at radius 1 is 1.30 bits per heavy atom. The SMILES string of the molecule is CC(Nc1cc(C(F)(F)F)cc(N)n1)c1cccnc1. The lowest BCUT2D eigenvalue weighted by atomic mass is 10.1. The molecule has 0 aromatic carbocycles. The van der Waals surface area contributed by atoms with Crippen molar-refractivity contribution in [2.45, 2.75) is 19.1 Å². The first kappa shape index (κ1) is 14.1. The van der Waals surface area contributed by atoms with E-state index in [-0.39, 0.29) is 17.7 Å². The van der Waals surface area contributed by atoms with Crippen LogP contribution in [0.15, 0.2) is 36.7 Å². The smallest absolute Gasteiger partial charge is 0.384 e. The van der Waals surface area contributed by atoms with Crippen molar-refractivity contribution in [3.63, 3.8) is 0 Å². The molecule has 2 heterocycles. The van der Waals surface area contributed by atoms with Crippen molar-refractivity contribution in [2.75, 3.05) is 11.1 Å². The van der Waals surface area contributed by atoms with Crippen LogP contribution >= 0.6 is 0 Å². The van der Waals surface area contributed by atoms with Crippen molar-refractivity contribution >= 4 is 11.6 Å². The summed E-state index contributed by atoms with van der Waals surface area (Å²) < 4.78 is 38.1. The van der Waals surface area contributed by atoms with Gasteiger partial charge in [-0.05, 0) is 30.7 Å². The van der Waals surface area contributed by atoms with Crippen LogP contribution in [0.3, 0.4) is 0 Å². The number of hydrogen-bond donors (Lipinski definition) is 2. The minimum atomic E-state index is -4.45. The topological polar surface area (TPSA) is 63.8 Å². The molecule has 7 heteroatoms. The molecule has 2 aromatic heterocycles. The highest BCUT2D eigenvalue weighted by molar-refractivity contribution is 5.48. The highest BCUT2D eigenvalue weighted by Crippen LogP contribution is 2.32. The van der Waals surface area contributed by atoms with E-state index in [1.165, 1.54) is 0 Å². The highest BCUT2D eigenvalue weighted by Gasteiger charge is 2.31. The Hall–Kier alpha value is -2.31. The predicted molar refractivity (Wildman–Crippen MR) is 69.9 cm³/mol. The molecule has 0 aliphatic rings. The monoisotopic (exact) mass is 282 g/mol. The molecule has 20 heavy (non-hydrogen) atoms. The van der Waals surface area contributed by atoms with Gasteiger partial charge in [-0.15, -0.1) is 0 Å². The Balaban J connectivity index is 2.24. The molecule has 2 aromatic rings. The number of nitrogens with zero attached hydrogens (tertiary/aromatic N) is 2. The van der Waals surface area contributed by atoms with Gasteiger partial charge in [-0.2, -0.15) is 13.2 Å². The predicted octanol–water partition coefficient (Wildman–Crippen LogP) is 3.25. The summed E-state index contributed by atoms with van der Waals surface area (Å²) in [7, 11) is 0. The number of nitrogens with one attached hydrogen (secondary N) is 1. The second kappa shape index (κ2) is 5.36. The molecule has 0 aliphatic carbocycles. The summed E-state index contributed by atoms with van der Waals surface area (Å²) in [6.07, 6.45) is -1.20. The third-order valence-corrected chi connectivity index (χ3v) is 2.72. The molecule has 0 saturated heterocycles. The Kier molecular flexibility index (Phi) is 3.78. The number of nitrogens with two attached hydrogens (primary N) is 1. The molecule has 0 bridgehead atoms. The summed E-state index contributed by atoms with van der Waals surface area (Å²) in [4.78, 5) is 7.82. The minimum Gasteiger partial charge on any atom is -0.384 e. The number of hydrogen-bond acceptors (Lipinski definition) is 4. The summed E-state index contributed by atoms with van der Waals surface area (Å²) >= 11 is 0. The zero-order valence-electron chi connectivity index (χ0n) is 10.6. The number of halogens is 3. The second-order valence-corrected chi connectivity index (χ2v) is 4.32. The zero-order valence-corrected chi connectivity index (χ0v) is 10.6. The summed E-state index contributed by atoms with van der Waals surface area (Å²) in [6, 6.07) is 5.07. The van der Waals surface area contributed by atoms with E-state index in [9.17, 15) is 13.2 Å². The van der Waals surface area contributed by atoms with Gasteiger partial charge in [0, 0.05) is 12.4 Å². The van der Waals surface area contributed by atoms with Gasteiger partial charge in [0.2, 0.25) is 0 Å². The maximum atomic E-state index is 12.7. The van der Waals surface area contributed by atoms with Gasteiger partial charge in [-0.25, -0.2) is 4.98 Å². The van der Waals surface area contributed by atoms with Gasteiger partial charge in [-0.3, -0.25) is 4.98 Å². The summed E-state index contributed by atoms with van der Waals surface area (Å²) in [5, 5.41) is 2.88. The largest absolute Gasteiger partial charge is 0.416 e. The average molecular weight is 282 g/mol. The Bertz CT molecular complexity index is 584. The van der Waals surface area contributed by atoms with Crippen LogP contribution in [0.2, 0.25) is 0 Å². The normalized spacial score (nSPS) is 13.0. The summed E-state index contributed by atoms with van der Waals surface area (Å²) in [5.74, 6) is -0.102. The van der Waals surface area contributed by atoms with E-state index >= 15 is 0 Å². The lowest BCUT2D eigenvalue weighted by Gasteiger charge is -2.16. The molecular formula is C13H13F3N4. The summed E-state index contributed by atoms with van der Waals surface area (Å²) in [6.45, 7) is 1.80. The van der Waals surface area contributed by atoms with Crippen LogP contribution in [0.25, 0.3) is 0 Å². The van der Waals surface area contributed by atoms with E-state index in [1.807, 2.05) is 6.07 Å². The van der Waals surface area contributed by atoms with Gasteiger partial charge in [0.05, 0.1) is 11.6 Å². The van der Waals surface area contributed by atoms with Gasteiger partial charge < -0.3 is 11.1 Å². The van der Waals surface area contributed by atoms with Crippen LogP contribution < -0.4 is 11.1 Å². The van der Waals surface area contributed by atoms with Crippen LogP contribution in [0.5, 0.6) is 0 Å². The zero-order chi connectivity index (χ0) is 14.8. The average Bonchev–Trinajstić information content (AvgIpc) is 2.38. The van der Waals surface area contributed by atoms with Gasteiger partial charge in [0.1, 0.15) is 11.6 Å². The molecule has 0 aliphatic heterocycles. The maximum Gasteiger partial charge on any atom is 0.416 e. The van der Waals surface area contributed by atoms with E-state index in [1.54, 1.807) is 25.4 Å². The Morgan fingerprint density at radius 3 is 2.65 bits per heavy atom. The van der Waals surface area contributed by atoms with Gasteiger partial charge >= 0.3 is 6.18 Å². The van der Waals surface area contributed by atoms with Gasteiger partial charge in [-0.1, -0.05) is 6.07 Å². The fourth-order valence-corrected chi connectivity index (χ4v) is 1.73. The molecule has 106 valence electrons. The number of rotatable bonds is 3. The first-order valence-electron chi connectivity index (χ1n) is 5.87. The van der Waals surface area contributed by atoms with Gasteiger partial charge in [0.25, 0.3) is 0 Å². The van der Waals surface area contributed by atoms with E-state index in [0.29, 0.717) is 0 Å².